The summed E-state index contributed by atoms with van der Waals surface area (Å²) in [6.07, 6.45) is 5.32. The Kier molecular flexibility index (Phi) is 8.69. The molecule has 1 unspecified atom stereocenters. The van der Waals surface area contributed by atoms with Crippen LogP contribution in [-0.2, 0) is 4.79 Å². The van der Waals surface area contributed by atoms with Crippen LogP contribution in [0.4, 0.5) is 5.69 Å². The normalized spacial score (nSPS) is 12.5. The number of nitrogens with zero attached hydrogens (tertiary/aromatic N) is 3. The summed E-state index contributed by atoms with van der Waals surface area (Å²) in [6, 6.07) is 5.83. The van der Waals surface area contributed by atoms with E-state index >= 15 is 0 Å². The predicted molar refractivity (Wildman–Crippen MR) is 120 cm³/mol. The fourth-order valence-corrected chi connectivity index (χ4v) is 3.30. The van der Waals surface area contributed by atoms with Gasteiger partial charge in [0, 0.05) is 18.7 Å². The summed E-state index contributed by atoms with van der Waals surface area (Å²) < 4.78 is 0. The minimum absolute atomic E-state index is 0.0253. The lowest BCUT2D eigenvalue weighted by Crippen LogP contribution is -2.24. The zero-order valence-electron chi connectivity index (χ0n) is 18.2. The quantitative estimate of drug-likeness (QED) is 0.461. The van der Waals surface area contributed by atoms with E-state index < -0.39 is 18.0 Å². The molecule has 0 aliphatic carbocycles. The molecule has 166 valence electrons. The van der Waals surface area contributed by atoms with Gasteiger partial charge in [-0.25, -0.2) is 14.6 Å². The first kappa shape index (κ1) is 24.0. The first-order chi connectivity index (χ1) is 14.8. The van der Waals surface area contributed by atoms with Crippen LogP contribution in [0.5, 0.6) is 0 Å². The van der Waals surface area contributed by atoms with E-state index in [9.17, 15) is 19.8 Å². The molecule has 0 saturated carbocycles. The van der Waals surface area contributed by atoms with Crippen molar-refractivity contribution >= 4 is 17.6 Å². The Labute approximate surface area is 182 Å². The molecule has 0 aromatic carbocycles. The van der Waals surface area contributed by atoms with Gasteiger partial charge >= 0.3 is 11.9 Å². The van der Waals surface area contributed by atoms with Gasteiger partial charge in [0.15, 0.2) is 0 Å². The Morgan fingerprint density at radius 3 is 2.29 bits per heavy atom. The summed E-state index contributed by atoms with van der Waals surface area (Å²) >= 11 is 0. The third kappa shape index (κ3) is 6.36. The van der Waals surface area contributed by atoms with E-state index in [0.717, 1.165) is 31.6 Å². The number of nitrogens with two attached hydrogens (primary N) is 1. The van der Waals surface area contributed by atoms with E-state index in [4.69, 9.17) is 5.73 Å². The third-order valence-corrected chi connectivity index (χ3v) is 4.90. The molecule has 0 aliphatic heterocycles. The van der Waals surface area contributed by atoms with Gasteiger partial charge in [0.1, 0.15) is 0 Å². The van der Waals surface area contributed by atoms with Gasteiger partial charge in [0.2, 0.25) is 0 Å². The molecule has 2 aromatic heterocycles. The average molecular weight is 427 g/mol. The lowest BCUT2D eigenvalue weighted by molar-refractivity contribution is -0.132. The largest absolute Gasteiger partial charge is 0.478 e. The van der Waals surface area contributed by atoms with Crippen LogP contribution in [0.3, 0.4) is 0 Å². The molecular weight excluding hydrogens is 396 g/mol. The minimum Gasteiger partial charge on any atom is -0.478 e. The highest BCUT2D eigenvalue weighted by Crippen LogP contribution is 2.25. The molecule has 0 bridgehead atoms. The van der Waals surface area contributed by atoms with E-state index in [1.54, 1.807) is 13.1 Å². The molecule has 8 nitrogen and oxygen atoms in total. The van der Waals surface area contributed by atoms with Gasteiger partial charge in [-0.3, -0.25) is 4.98 Å². The summed E-state index contributed by atoms with van der Waals surface area (Å²) in [4.78, 5) is 34.2. The van der Waals surface area contributed by atoms with Crippen molar-refractivity contribution in [2.24, 2.45) is 5.73 Å². The number of carbonyl (C=O) groups is 2. The molecule has 2 rings (SSSR count). The molecule has 0 aliphatic rings. The SMILES string of the molecule is C/C=C(\CC(N)c1cc(C(=O)O)cc(-c2ccc(N(CCC)CCC)cn2)n1)C(=O)O. The molecular formula is C23H30N4O4. The lowest BCUT2D eigenvalue weighted by Gasteiger charge is -2.23. The highest BCUT2D eigenvalue weighted by Gasteiger charge is 2.18. The maximum Gasteiger partial charge on any atom is 0.335 e. The Morgan fingerprint density at radius 1 is 1.13 bits per heavy atom. The summed E-state index contributed by atoms with van der Waals surface area (Å²) in [5.74, 6) is -2.18. The fraction of sp³-hybridized carbons (Fsp3) is 0.391. The Bertz CT molecular complexity index is 935. The standard InChI is InChI=1S/C23H30N4O4/c1-4-9-27(10-5-2)17-7-8-19(25-14-17)21-13-16(23(30)31)12-20(26-21)18(24)11-15(6-3)22(28)29/h6-8,12-14,18H,4-5,9-11,24H2,1-3H3,(H,28,29)(H,30,31)/b15-6+. The number of hydrogen-bond donors (Lipinski definition) is 3. The second-order valence-corrected chi connectivity index (χ2v) is 7.29. The van der Waals surface area contributed by atoms with Crippen molar-refractivity contribution in [3.05, 3.63) is 53.4 Å². The topological polar surface area (TPSA) is 130 Å². The zero-order chi connectivity index (χ0) is 23.0. The van der Waals surface area contributed by atoms with E-state index in [-0.39, 0.29) is 17.6 Å². The maximum atomic E-state index is 11.6. The fourth-order valence-electron chi connectivity index (χ4n) is 3.30. The molecule has 2 aromatic rings. The molecule has 0 saturated heterocycles. The summed E-state index contributed by atoms with van der Waals surface area (Å²) in [6.45, 7) is 7.73. The van der Waals surface area contributed by atoms with E-state index in [2.05, 4.69) is 28.7 Å². The Morgan fingerprint density at radius 2 is 1.81 bits per heavy atom. The van der Waals surface area contributed by atoms with Gasteiger partial charge in [-0.15, -0.1) is 0 Å². The smallest absolute Gasteiger partial charge is 0.335 e. The van der Waals surface area contributed by atoms with Crippen LogP contribution in [-0.4, -0.2) is 45.2 Å². The van der Waals surface area contributed by atoms with Crippen molar-refractivity contribution in [3.8, 4) is 11.4 Å². The number of carboxylic acid groups (broad SMARTS) is 2. The molecule has 0 spiro atoms. The number of aliphatic carboxylic acids is 1. The maximum absolute atomic E-state index is 11.6. The number of hydrogen-bond acceptors (Lipinski definition) is 6. The minimum atomic E-state index is -1.12. The first-order valence-electron chi connectivity index (χ1n) is 10.4. The molecule has 1 atom stereocenters. The molecule has 0 fully saturated rings. The number of carboxylic acids is 2. The van der Waals surface area contributed by atoms with Crippen LogP contribution in [0.25, 0.3) is 11.4 Å². The van der Waals surface area contributed by atoms with Crippen molar-refractivity contribution in [3.63, 3.8) is 0 Å². The van der Waals surface area contributed by atoms with Gasteiger partial charge < -0.3 is 20.8 Å². The van der Waals surface area contributed by atoms with Gasteiger partial charge in [-0.1, -0.05) is 19.9 Å². The second kappa shape index (κ2) is 11.2. The van der Waals surface area contributed by atoms with E-state index in [0.29, 0.717) is 17.1 Å². The number of aromatic carboxylic acids is 1. The van der Waals surface area contributed by atoms with Crippen molar-refractivity contribution in [2.45, 2.75) is 46.1 Å². The monoisotopic (exact) mass is 426 g/mol. The van der Waals surface area contributed by atoms with E-state index in [1.165, 1.54) is 18.2 Å². The lowest BCUT2D eigenvalue weighted by atomic mass is 10.0. The molecule has 31 heavy (non-hydrogen) atoms. The number of aromatic nitrogens is 2. The Hall–Kier alpha value is -3.26. The van der Waals surface area contributed by atoms with Gasteiger partial charge in [-0.2, -0.15) is 0 Å². The van der Waals surface area contributed by atoms with Crippen LogP contribution in [0, 0.1) is 0 Å². The average Bonchev–Trinajstić information content (AvgIpc) is 2.76. The second-order valence-electron chi connectivity index (χ2n) is 7.29. The van der Waals surface area contributed by atoms with Gasteiger partial charge in [0.25, 0.3) is 0 Å². The van der Waals surface area contributed by atoms with Crippen molar-refractivity contribution in [1.29, 1.82) is 0 Å². The molecule has 8 heteroatoms. The van der Waals surface area contributed by atoms with Crippen LogP contribution < -0.4 is 10.6 Å². The van der Waals surface area contributed by atoms with Crippen LogP contribution in [0.2, 0.25) is 0 Å². The zero-order valence-corrected chi connectivity index (χ0v) is 18.2. The van der Waals surface area contributed by atoms with Crippen molar-refractivity contribution in [1.82, 2.24) is 9.97 Å². The van der Waals surface area contributed by atoms with E-state index in [1.807, 2.05) is 12.1 Å². The first-order valence-corrected chi connectivity index (χ1v) is 10.4. The van der Waals surface area contributed by atoms with Crippen LogP contribution >= 0.6 is 0 Å². The molecule has 0 amide bonds. The van der Waals surface area contributed by atoms with Gasteiger partial charge in [0.05, 0.1) is 40.6 Å². The number of rotatable bonds is 11. The number of pyridine rings is 2. The van der Waals surface area contributed by atoms with Crippen LogP contribution in [0.15, 0.2) is 42.1 Å². The van der Waals surface area contributed by atoms with Crippen molar-refractivity contribution in [2.75, 3.05) is 18.0 Å². The Balaban J connectivity index is 2.40. The number of allylic oxidation sites excluding steroid dienone is 1. The van der Waals surface area contributed by atoms with Crippen molar-refractivity contribution < 1.29 is 19.8 Å². The number of anilines is 1. The highest BCUT2D eigenvalue weighted by molar-refractivity contribution is 5.89. The predicted octanol–water partition coefficient (Wildman–Crippen LogP) is 3.89. The summed E-state index contributed by atoms with van der Waals surface area (Å²) in [7, 11) is 0. The summed E-state index contributed by atoms with van der Waals surface area (Å²) in [5.41, 5.74) is 8.55. The van der Waals surface area contributed by atoms with Crippen LogP contribution in [0.1, 0.15) is 62.1 Å². The summed E-state index contributed by atoms with van der Waals surface area (Å²) in [5, 5.41) is 18.8. The molecule has 0 radical (unpaired) electrons. The third-order valence-electron chi connectivity index (χ3n) is 4.90. The molecule has 4 N–H and O–H groups in total. The van der Waals surface area contributed by atoms with Gasteiger partial charge in [-0.05, 0) is 50.5 Å². The molecule has 2 heterocycles. The highest BCUT2D eigenvalue weighted by atomic mass is 16.4.